The summed E-state index contributed by atoms with van der Waals surface area (Å²) in [6.45, 7) is 5.46. The van der Waals surface area contributed by atoms with Gasteiger partial charge in [-0.25, -0.2) is 14.2 Å². The first-order valence-corrected chi connectivity index (χ1v) is 10.5. The third-order valence-corrected chi connectivity index (χ3v) is 5.47. The molecule has 0 bridgehead atoms. The molecule has 172 valence electrons. The highest BCUT2D eigenvalue weighted by molar-refractivity contribution is 9.10. The normalized spacial score (nSPS) is 11.7. The van der Waals surface area contributed by atoms with Gasteiger partial charge in [0, 0.05) is 5.69 Å². The number of halogens is 4. The predicted molar refractivity (Wildman–Crippen MR) is 117 cm³/mol. The average molecular weight is 523 g/mol. The summed E-state index contributed by atoms with van der Waals surface area (Å²) >= 11 is 3.15. The van der Waals surface area contributed by atoms with E-state index in [1.165, 1.54) is 24.0 Å². The SMILES string of the molecule is Cc1ccc(OCn2cc(NC(=O)c3nn4c(C(F)(F)F)cc(C)nc4c3Br)cn2)c(C)c1. The molecule has 0 aliphatic rings. The number of benzene rings is 1. The summed E-state index contributed by atoms with van der Waals surface area (Å²) in [6.07, 6.45) is -1.73. The molecule has 0 saturated carbocycles. The lowest BCUT2D eigenvalue weighted by atomic mass is 10.1. The molecule has 3 heterocycles. The van der Waals surface area contributed by atoms with Gasteiger partial charge in [-0.1, -0.05) is 17.7 Å². The van der Waals surface area contributed by atoms with Gasteiger partial charge in [0.05, 0.1) is 22.6 Å². The number of anilines is 1. The lowest BCUT2D eigenvalue weighted by Crippen LogP contribution is -2.15. The first-order valence-electron chi connectivity index (χ1n) is 9.70. The molecule has 0 saturated heterocycles. The Labute approximate surface area is 194 Å². The fourth-order valence-corrected chi connectivity index (χ4v) is 3.76. The number of ether oxygens (including phenoxy) is 1. The fraction of sp³-hybridized carbons (Fsp3) is 0.238. The molecule has 1 N–H and O–H groups in total. The summed E-state index contributed by atoms with van der Waals surface area (Å²) in [5.74, 6) is -0.00780. The molecule has 1 amide bonds. The number of alkyl halides is 3. The molecule has 0 aliphatic heterocycles. The Kier molecular flexibility index (Phi) is 5.87. The van der Waals surface area contributed by atoms with E-state index in [2.05, 4.69) is 36.4 Å². The Bertz CT molecular complexity index is 1360. The number of aryl methyl sites for hydroxylation is 3. The van der Waals surface area contributed by atoms with Crippen molar-refractivity contribution in [3.63, 3.8) is 0 Å². The van der Waals surface area contributed by atoms with E-state index in [4.69, 9.17) is 4.74 Å². The zero-order valence-electron chi connectivity index (χ0n) is 17.7. The molecule has 33 heavy (non-hydrogen) atoms. The van der Waals surface area contributed by atoms with Crippen LogP contribution < -0.4 is 10.1 Å². The van der Waals surface area contributed by atoms with Gasteiger partial charge >= 0.3 is 6.18 Å². The maximum absolute atomic E-state index is 13.4. The second kappa shape index (κ2) is 8.50. The van der Waals surface area contributed by atoms with Gasteiger partial charge in [-0.05, 0) is 54.4 Å². The first kappa shape index (κ1) is 22.8. The molecule has 12 heteroatoms. The van der Waals surface area contributed by atoms with Crippen LogP contribution in [0.1, 0.15) is 33.0 Å². The van der Waals surface area contributed by atoms with E-state index in [0.29, 0.717) is 16.0 Å². The van der Waals surface area contributed by atoms with E-state index in [-0.39, 0.29) is 28.2 Å². The molecular weight excluding hydrogens is 505 g/mol. The van der Waals surface area contributed by atoms with Crippen LogP contribution in [0.25, 0.3) is 5.65 Å². The quantitative estimate of drug-likeness (QED) is 0.402. The predicted octanol–water partition coefficient (Wildman–Crippen LogP) is 4.92. The number of nitrogens with zero attached hydrogens (tertiary/aromatic N) is 5. The van der Waals surface area contributed by atoms with Gasteiger partial charge < -0.3 is 10.1 Å². The van der Waals surface area contributed by atoms with Gasteiger partial charge in [0.25, 0.3) is 5.91 Å². The van der Waals surface area contributed by atoms with Crippen molar-refractivity contribution in [2.45, 2.75) is 33.7 Å². The minimum atomic E-state index is -4.66. The van der Waals surface area contributed by atoms with E-state index in [1.54, 1.807) is 0 Å². The van der Waals surface area contributed by atoms with Gasteiger partial charge in [-0.3, -0.25) is 4.79 Å². The molecule has 0 atom stereocenters. The zero-order chi connectivity index (χ0) is 23.9. The van der Waals surface area contributed by atoms with Crippen LogP contribution in [0.3, 0.4) is 0 Å². The van der Waals surface area contributed by atoms with Crippen LogP contribution in [0, 0.1) is 20.8 Å². The zero-order valence-corrected chi connectivity index (χ0v) is 19.3. The maximum atomic E-state index is 13.4. The van der Waals surface area contributed by atoms with Gasteiger partial charge in [-0.2, -0.15) is 23.4 Å². The monoisotopic (exact) mass is 522 g/mol. The van der Waals surface area contributed by atoms with Crippen molar-refractivity contribution in [2.24, 2.45) is 0 Å². The highest BCUT2D eigenvalue weighted by Gasteiger charge is 2.36. The van der Waals surface area contributed by atoms with Crippen molar-refractivity contribution >= 4 is 33.2 Å². The highest BCUT2D eigenvalue weighted by atomic mass is 79.9. The topological polar surface area (TPSA) is 86.3 Å². The van der Waals surface area contributed by atoms with Crippen LogP contribution in [-0.4, -0.2) is 30.3 Å². The van der Waals surface area contributed by atoms with Crippen molar-refractivity contribution in [2.75, 3.05) is 5.32 Å². The van der Waals surface area contributed by atoms with E-state index in [0.717, 1.165) is 17.2 Å². The second-order valence-electron chi connectivity index (χ2n) is 7.44. The van der Waals surface area contributed by atoms with Crippen LogP contribution in [0.4, 0.5) is 18.9 Å². The minimum absolute atomic E-state index is 0.0553. The van der Waals surface area contributed by atoms with Crippen LogP contribution in [0.2, 0.25) is 0 Å². The van der Waals surface area contributed by atoms with Crippen molar-refractivity contribution < 1.29 is 22.7 Å². The Morgan fingerprint density at radius 2 is 1.97 bits per heavy atom. The lowest BCUT2D eigenvalue weighted by molar-refractivity contribution is -0.142. The molecular formula is C21H18BrF3N6O2. The first-order chi connectivity index (χ1) is 15.5. The Morgan fingerprint density at radius 3 is 2.67 bits per heavy atom. The molecule has 0 fully saturated rings. The van der Waals surface area contributed by atoms with Gasteiger partial charge in [-0.15, -0.1) is 0 Å². The van der Waals surface area contributed by atoms with Crippen molar-refractivity contribution in [3.8, 4) is 5.75 Å². The van der Waals surface area contributed by atoms with Crippen LogP contribution >= 0.6 is 15.9 Å². The Morgan fingerprint density at radius 1 is 1.21 bits per heavy atom. The number of carbonyl (C=O) groups excluding carboxylic acids is 1. The van der Waals surface area contributed by atoms with E-state index in [1.807, 2.05) is 32.0 Å². The molecule has 3 aromatic heterocycles. The molecule has 0 unspecified atom stereocenters. The molecule has 0 radical (unpaired) electrons. The molecule has 1 aromatic carbocycles. The van der Waals surface area contributed by atoms with Crippen molar-refractivity contribution in [1.29, 1.82) is 0 Å². The van der Waals surface area contributed by atoms with Gasteiger partial charge in [0.15, 0.2) is 18.1 Å². The second-order valence-corrected chi connectivity index (χ2v) is 8.24. The highest BCUT2D eigenvalue weighted by Crippen LogP contribution is 2.32. The number of hydrogen-bond donors (Lipinski definition) is 1. The molecule has 4 rings (SSSR count). The van der Waals surface area contributed by atoms with E-state index >= 15 is 0 Å². The smallest absolute Gasteiger partial charge is 0.433 e. The van der Waals surface area contributed by atoms with Crippen molar-refractivity contribution in [1.82, 2.24) is 24.4 Å². The largest absolute Gasteiger partial charge is 0.471 e. The number of amides is 1. The van der Waals surface area contributed by atoms with Crippen LogP contribution in [0.5, 0.6) is 5.75 Å². The average Bonchev–Trinajstić information content (AvgIpc) is 3.30. The van der Waals surface area contributed by atoms with E-state index < -0.39 is 17.8 Å². The van der Waals surface area contributed by atoms with Gasteiger partial charge in [0.2, 0.25) is 0 Å². The van der Waals surface area contributed by atoms with Crippen LogP contribution in [0.15, 0.2) is 41.1 Å². The molecule has 0 aliphatic carbocycles. The van der Waals surface area contributed by atoms with Crippen LogP contribution in [-0.2, 0) is 12.9 Å². The maximum Gasteiger partial charge on any atom is 0.433 e. The van der Waals surface area contributed by atoms with Crippen molar-refractivity contribution in [3.05, 3.63) is 69.3 Å². The third kappa shape index (κ3) is 4.70. The number of hydrogen-bond acceptors (Lipinski definition) is 5. The molecule has 0 spiro atoms. The van der Waals surface area contributed by atoms with Gasteiger partial charge in [0.1, 0.15) is 11.4 Å². The summed E-state index contributed by atoms with van der Waals surface area (Å²) in [5, 5.41) is 10.5. The number of nitrogens with one attached hydrogen (secondary N) is 1. The standard InChI is InChI=1S/C21H18BrF3N6O2/c1-11-4-5-15(12(2)6-11)33-10-30-9-14(8-26-30)28-20(32)18-17(22)19-27-13(3)7-16(21(23,24)25)31(19)29-18/h4-9H,10H2,1-3H3,(H,28,32). The summed E-state index contributed by atoms with van der Waals surface area (Å²) < 4.78 is 48.1. The lowest BCUT2D eigenvalue weighted by Gasteiger charge is -2.09. The Hall–Kier alpha value is -3.41. The number of rotatable bonds is 5. The summed E-state index contributed by atoms with van der Waals surface area (Å²) in [6, 6.07) is 6.67. The number of carbonyl (C=O) groups is 1. The third-order valence-electron chi connectivity index (χ3n) is 4.74. The van der Waals surface area contributed by atoms with E-state index in [9.17, 15) is 18.0 Å². The minimum Gasteiger partial charge on any atom is -0.471 e. The molecule has 4 aromatic rings. The Balaban J connectivity index is 1.52. The number of aromatic nitrogens is 5. The summed E-state index contributed by atoms with van der Waals surface area (Å²) in [4.78, 5) is 16.8. The molecule has 8 nitrogen and oxygen atoms in total. The number of fused-ring (bicyclic) bond motifs is 1. The fourth-order valence-electron chi connectivity index (χ4n) is 3.25. The summed E-state index contributed by atoms with van der Waals surface area (Å²) in [5.41, 5.74) is 1.20. The summed E-state index contributed by atoms with van der Waals surface area (Å²) in [7, 11) is 0.